The van der Waals surface area contributed by atoms with Gasteiger partial charge < -0.3 is 0 Å². The Balaban J connectivity index is 1.27. The molecule has 0 unspecified atom stereocenters. The number of piperidine rings is 1. The minimum Gasteiger partial charge on any atom is -0.300 e. The van der Waals surface area contributed by atoms with Crippen LogP contribution in [0, 0.1) is 17.3 Å². The summed E-state index contributed by atoms with van der Waals surface area (Å²) in [6.45, 7) is 0.856. The molecular formula is C20H26F5N3O2S. The zero-order valence-electron chi connectivity index (χ0n) is 17.0. The van der Waals surface area contributed by atoms with Crippen LogP contribution in [0.4, 0.5) is 22.0 Å². The van der Waals surface area contributed by atoms with Crippen LogP contribution in [0.15, 0.2) is 6.07 Å². The van der Waals surface area contributed by atoms with Gasteiger partial charge in [0.05, 0.1) is 11.5 Å². The zero-order valence-corrected chi connectivity index (χ0v) is 17.8. The average molecular weight is 468 g/mol. The summed E-state index contributed by atoms with van der Waals surface area (Å²) in [6, 6.07) is 1.24. The minimum atomic E-state index is -4.65. The van der Waals surface area contributed by atoms with E-state index in [9.17, 15) is 30.4 Å². The van der Waals surface area contributed by atoms with Gasteiger partial charge in [0.2, 0.25) is 0 Å². The summed E-state index contributed by atoms with van der Waals surface area (Å²) in [7, 11) is -2.96. The first-order chi connectivity index (χ1) is 14.5. The highest BCUT2D eigenvalue weighted by Gasteiger charge is 2.59. The molecule has 2 aliphatic carbocycles. The molecule has 5 rings (SSSR count). The Kier molecular flexibility index (Phi) is 4.97. The van der Waals surface area contributed by atoms with Crippen LogP contribution in [0.25, 0.3) is 0 Å². The lowest BCUT2D eigenvalue weighted by atomic mass is 9.79. The summed E-state index contributed by atoms with van der Waals surface area (Å²) in [5.41, 5.74) is -0.982. The van der Waals surface area contributed by atoms with Gasteiger partial charge in [0.25, 0.3) is 6.43 Å². The first-order valence-electron chi connectivity index (χ1n) is 10.8. The lowest BCUT2D eigenvalue weighted by Gasteiger charge is -2.43. The van der Waals surface area contributed by atoms with Crippen LogP contribution >= 0.6 is 0 Å². The van der Waals surface area contributed by atoms with Crippen LogP contribution < -0.4 is 0 Å². The van der Waals surface area contributed by atoms with E-state index in [0.717, 1.165) is 49.5 Å². The number of likely N-dealkylation sites (tertiary alicyclic amines) is 1. The van der Waals surface area contributed by atoms with Crippen molar-refractivity contribution in [3.8, 4) is 0 Å². The molecule has 0 aromatic carbocycles. The Morgan fingerprint density at radius 2 is 1.90 bits per heavy atom. The molecule has 0 radical (unpaired) electrons. The highest BCUT2D eigenvalue weighted by molar-refractivity contribution is 7.91. The molecule has 174 valence electrons. The first-order valence-corrected chi connectivity index (χ1v) is 12.7. The van der Waals surface area contributed by atoms with Gasteiger partial charge in [-0.15, -0.1) is 0 Å². The lowest BCUT2D eigenvalue weighted by Crippen LogP contribution is -2.48. The van der Waals surface area contributed by atoms with E-state index >= 15 is 0 Å². The van der Waals surface area contributed by atoms with E-state index in [1.165, 1.54) is 0 Å². The Morgan fingerprint density at radius 3 is 2.48 bits per heavy atom. The molecule has 2 aliphatic heterocycles. The van der Waals surface area contributed by atoms with Gasteiger partial charge in [-0.1, -0.05) is 0 Å². The minimum absolute atomic E-state index is 0.149. The molecule has 1 aromatic heterocycles. The number of hydrogen-bond acceptors (Lipinski definition) is 4. The molecule has 5 atom stereocenters. The smallest absolute Gasteiger partial charge is 0.300 e. The van der Waals surface area contributed by atoms with E-state index in [4.69, 9.17) is 0 Å². The molecule has 4 fully saturated rings. The number of sulfone groups is 1. The Bertz CT molecular complexity index is 951. The largest absolute Gasteiger partial charge is 0.435 e. The number of alkyl halides is 5. The summed E-state index contributed by atoms with van der Waals surface area (Å²) >= 11 is 0. The Hall–Kier alpha value is -1.23. The van der Waals surface area contributed by atoms with E-state index in [0.29, 0.717) is 12.5 Å². The molecule has 1 aromatic rings. The van der Waals surface area contributed by atoms with Gasteiger partial charge in [0, 0.05) is 24.2 Å². The van der Waals surface area contributed by atoms with E-state index in [-0.39, 0.29) is 40.4 Å². The third-order valence-electron chi connectivity index (χ3n) is 7.85. The first kappa shape index (κ1) is 21.6. The second-order valence-electron chi connectivity index (χ2n) is 9.92. The van der Waals surface area contributed by atoms with Crippen molar-refractivity contribution in [2.45, 2.75) is 63.2 Å². The molecule has 3 heterocycles. The van der Waals surface area contributed by atoms with Gasteiger partial charge in [0.1, 0.15) is 6.54 Å². The maximum Gasteiger partial charge on any atom is 0.435 e. The fraction of sp³-hybridized carbons (Fsp3) is 0.850. The van der Waals surface area contributed by atoms with E-state index in [2.05, 4.69) is 10.00 Å². The fourth-order valence-corrected chi connectivity index (χ4v) is 8.73. The number of fused-ring (bicyclic) bond motifs is 1. The summed E-state index contributed by atoms with van der Waals surface area (Å²) in [5.74, 6) is 0.734. The lowest BCUT2D eigenvalue weighted by molar-refractivity contribution is -0.141. The molecule has 31 heavy (non-hydrogen) atoms. The van der Waals surface area contributed by atoms with Crippen LogP contribution in [0.3, 0.4) is 0 Å². The van der Waals surface area contributed by atoms with Crippen molar-refractivity contribution >= 4 is 9.84 Å². The van der Waals surface area contributed by atoms with Crippen LogP contribution in [-0.4, -0.2) is 60.2 Å². The molecule has 0 N–H and O–H groups in total. The average Bonchev–Trinajstić information content (AvgIpc) is 3.02. The SMILES string of the molecule is O=S1(=O)CC[C@@]2(CCCN([C@@H]3C[C@@H]4[C@H](C3)[C@H]4c3cc(C(F)(F)F)nn3CC(F)F)C2)C1. The molecule has 0 bridgehead atoms. The number of nitrogens with zero attached hydrogens (tertiary/aromatic N) is 3. The quantitative estimate of drug-likeness (QED) is 0.636. The predicted molar refractivity (Wildman–Crippen MR) is 102 cm³/mol. The fourth-order valence-electron chi connectivity index (χ4n) is 6.53. The molecular weight excluding hydrogens is 441 g/mol. The van der Waals surface area contributed by atoms with Crippen LogP contribution in [-0.2, 0) is 22.6 Å². The Morgan fingerprint density at radius 1 is 1.19 bits per heavy atom. The van der Waals surface area contributed by atoms with Crippen molar-refractivity contribution in [3.05, 3.63) is 17.5 Å². The Labute approximate surface area is 177 Å². The summed E-state index contributed by atoms with van der Waals surface area (Å²) in [4.78, 5) is 2.38. The second-order valence-corrected chi connectivity index (χ2v) is 12.1. The van der Waals surface area contributed by atoms with E-state index in [1.54, 1.807) is 0 Å². The van der Waals surface area contributed by atoms with Crippen molar-refractivity contribution in [2.24, 2.45) is 17.3 Å². The molecule has 11 heteroatoms. The number of aromatic nitrogens is 2. The molecule has 4 aliphatic rings. The molecule has 2 saturated carbocycles. The van der Waals surface area contributed by atoms with Gasteiger partial charge >= 0.3 is 6.18 Å². The second kappa shape index (κ2) is 7.13. The monoisotopic (exact) mass is 467 g/mol. The van der Waals surface area contributed by atoms with Crippen molar-refractivity contribution in [1.82, 2.24) is 14.7 Å². The summed E-state index contributed by atoms with van der Waals surface area (Å²) < 4.78 is 89.9. The standard InChI is InChI=1S/C20H26F5N3O2S/c21-17(22)9-28-15(8-16(26-28)20(23,24)25)18-13-6-12(7-14(13)18)27-4-1-2-19(10-27)3-5-31(29,30)11-19/h8,12-14,17-18H,1-7,9-11H2/t12-,13-,14+,18+,19-/m1/s1. The third-order valence-corrected chi connectivity index (χ3v) is 9.73. The molecule has 0 amide bonds. The van der Waals surface area contributed by atoms with Gasteiger partial charge in [0.15, 0.2) is 15.5 Å². The predicted octanol–water partition coefficient (Wildman–Crippen LogP) is 3.56. The normalized spacial score (nSPS) is 37.6. The molecule has 2 saturated heterocycles. The molecule has 5 nitrogen and oxygen atoms in total. The maximum atomic E-state index is 13.1. The van der Waals surface area contributed by atoms with Crippen molar-refractivity contribution in [3.63, 3.8) is 0 Å². The van der Waals surface area contributed by atoms with Crippen LogP contribution in [0.2, 0.25) is 0 Å². The summed E-state index contributed by atoms with van der Waals surface area (Å²) in [6.07, 6.45) is -3.19. The third kappa shape index (κ3) is 4.00. The number of hydrogen-bond donors (Lipinski definition) is 0. The zero-order chi connectivity index (χ0) is 22.2. The summed E-state index contributed by atoms with van der Waals surface area (Å²) in [5, 5.41) is 3.43. The van der Waals surface area contributed by atoms with Gasteiger partial charge in [-0.25, -0.2) is 17.2 Å². The van der Waals surface area contributed by atoms with Crippen LogP contribution in [0.5, 0.6) is 0 Å². The van der Waals surface area contributed by atoms with Gasteiger partial charge in [-0.05, 0) is 62.0 Å². The highest BCUT2D eigenvalue weighted by Crippen LogP contribution is 2.64. The van der Waals surface area contributed by atoms with Gasteiger partial charge in [-0.2, -0.15) is 18.3 Å². The number of rotatable bonds is 4. The molecule has 1 spiro atoms. The number of halogens is 5. The van der Waals surface area contributed by atoms with Crippen molar-refractivity contribution < 1.29 is 30.4 Å². The van der Waals surface area contributed by atoms with Crippen LogP contribution in [0.1, 0.15) is 49.4 Å². The van der Waals surface area contributed by atoms with E-state index < -0.39 is 34.7 Å². The van der Waals surface area contributed by atoms with Crippen molar-refractivity contribution in [1.29, 1.82) is 0 Å². The highest BCUT2D eigenvalue weighted by atomic mass is 32.2. The van der Waals surface area contributed by atoms with Gasteiger partial charge in [-0.3, -0.25) is 9.58 Å². The van der Waals surface area contributed by atoms with Crippen molar-refractivity contribution in [2.75, 3.05) is 24.6 Å². The maximum absolute atomic E-state index is 13.1. The van der Waals surface area contributed by atoms with E-state index in [1.807, 2.05) is 0 Å². The topological polar surface area (TPSA) is 55.2 Å².